The summed E-state index contributed by atoms with van der Waals surface area (Å²) in [4.78, 5) is 15.0. The molecule has 0 radical (unpaired) electrons. The van der Waals surface area contributed by atoms with Crippen molar-refractivity contribution >= 4 is 5.91 Å². The third kappa shape index (κ3) is 6.70. The molecule has 0 spiro atoms. The number of alkyl halides is 3. The molecule has 1 fully saturated rings. The molecule has 1 saturated heterocycles. The second-order valence-electron chi connectivity index (χ2n) is 7.52. The molecular formula is C23H27F3N2O3. The van der Waals surface area contributed by atoms with Crippen LogP contribution in [0.2, 0.25) is 0 Å². The van der Waals surface area contributed by atoms with Crippen LogP contribution in [-0.2, 0) is 11.3 Å². The molecule has 1 unspecified atom stereocenters. The summed E-state index contributed by atoms with van der Waals surface area (Å²) in [5.41, 5.74) is 2.05. The van der Waals surface area contributed by atoms with Crippen molar-refractivity contribution in [1.29, 1.82) is 0 Å². The number of carbonyl (C=O) groups is 1. The van der Waals surface area contributed by atoms with Crippen LogP contribution in [0, 0.1) is 0 Å². The number of ether oxygens (including phenoxy) is 2. The van der Waals surface area contributed by atoms with Crippen LogP contribution in [0.4, 0.5) is 13.2 Å². The van der Waals surface area contributed by atoms with E-state index in [9.17, 15) is 18.0 Å². The van der Waals surface area contributed by atoms with Gasteiger partial charge in [-0.05, 0) is 49.7 Å². The van der Waals surface area contributed by atoms with Gasteiger partial charge in [-0.2, -0.15) is 13.2 Å². The smallest absolute Gasteiger partial charge is 0.411 e. The van der Waals surface area contributed by atoms with E-state index in [1.54, 1.807) is 31.4 Å². The lowest BCUT2D eigenvalue weighted by atomic mass is 10.0. The Morgan fingerprint density at radius 2 is 1.77 bits per heavy atom. The van der Waals surface area contributed by atoms with E-state index in [0.717, 1.165) is 37.2 Å². The minimum Gasteiger partial charge on any atom is -0.496 e. The first-order valence-electron chi connectivity index (χ1n) is 10.3. The van der Waals surface area contributed by atoms with Gasteiger partial charge in [-0.25, -0.2) is 0 Å². The fourth-order valence-corrected chi connectivity index (χ4v) is 3.76. The van der Waals surface area contributed by atoms with E-state index in [2.05, 4.69) is 15.0 Å². The standard InChI is InChI=1S/C23H27F3N2O3/c1-30-21-7-3-2-6-19(21)20(28-12-4-5-13-28)14-27-22(29)18-10-8-17(9-11-18)15-31-16-23(24,25)26/h2-3,6-11,20H,4-5,12-16H2,1H3,(H,27,29). The Bertz CT molecular complexity index is 850. The summed E-state index contributed by atoms with van der Waals surface area (Å²) in [6, 6.07) is 14.2. The summed E-state index contributed by atoms with van der Waals surface area (Å²) in [7, 11) is 1.64. The summed E-state index contributed by atoms with van der Waals surface area (Å²) in [6.45, 7) is 0.897. The third-order valence-electron chi connectivity index (χ3n) is 5.29. The number of nitrogens with zero attached hydrogens (tertiary/aromatic N) is 1. The molecule has 0 bridgehead atoms. The van der Waals surface area contributed by atoms with E-state index in [0.29, 0.717) is 17.7 Å². The van der Waals surface area contributed by atoms with Gasteiger partial charge in [0.05, 0.1) is 19.8 Å². The van der Waals surface area contributed by atoms with E-state index in [1.165, 1.54) is 0 Å². The van der Waals surface area contributed by atoms with Crippen molar-refractivity contribution in [3.63, 3.8) is 0 Å². The highest BCUT2D eigenvalue weighted by molar-refractivity contribution is 5.94. The Hall–Kier alpha value is -2.58. The van der Waals surface area contributed by atoms with Crippen molar-refractivity contribution in [2.75, 3.05) is 33.4 Å². The minimum absolute atomic E-state index is 0.00218. The molecule has 0 aliphatic carbocycles. The van der Waals surface area contributed by atoms with Crippen LogP contribution in [0.15, 0.2) is 48.5 Å². The van der Waals surface area contributed by atoms with Crippen LogP contribution in [0.1, 0.15) is 40.4 Å². The van der Waals surface area contributed by atoms with Gasteiger partial charge >= 0.3 is 6.18 Å². The van der Waals surface area contributed by atoms with Crippen LogP contribution in [-0.4, -0.2) is 50.3 Å². The van der Waals surface area contributed by atoms with Gasteiger partial charge in [0.25, 0.3) is 5.91 Å². The Balaban J connectivity index is 1.61. The monoisotopic (exact) mass is 436 g/mol. The van der Waals surface area contributed by atoms with Crippen molar-refractivity contribution in [2.45, 2.75) is 31.7 Å². The molecule has 0 saturated carbocycles. The second kappa shape index (κ2) is 10.6. The van der Waals surface area contributed by atoms with E-state index in [-0.39, 0.29) is 18.6 Å². The lowest BCUT2D eigenvalue weighted by molar-refractivity contribution is -0.176. The van der Waals surface area contributed by atoms with Gasteiger partial charge in [-0.3, -0.25) is 9.69 Å². The van der Waals surface area contributed by atoms with E-state index in [1.807, 2.05) is 24.3 Å². The quantitative estimate of drug-likeness (QED) is 0.635. The average molecular weight is 436 g/mol. The fraction of sp³-hybridized carbons (Fsp3) is 0.435. The molecule has 168 valence electrons. The Morgan fingerprint density at radius 3 is 2.42 bits per heavy atom. The molecule has 1 heterocycles. The average Bonchev–Trinajstić information content (AvgIpc) is 3.28. The zero-order valence-corrected chi connectivity index (χ0v) is 17.5. The van der Waals surface area contributed by atoms with Gasteiger partial charge in [0, 0.05) is 17.7 Å². The molecule has 3 rings (SSSR count). The Morgan fingerprint density at radius 1 is 1.10 bits per heavy atom. The largest absolute Gasteiger partial charge is 0.496 e. The number of methoxy groups -OCH3 is 1. The number of nitrogens with one attached hydrogen (secondary N) is 1. The molecule has 0 aromatic heterocycles. The van der Waals surface area contributed by atoms with Crippen molar-refractivity contribution in [2.24, 2.45) is 0 Å². The van der Waals surface area contributed by atoms with Gasteiger partial charge < -0.3 is 14.8 Å². The predicted molar refractivity (Wildman–Crippen MR) is 111 cm³/mol. The number of carbonyl (C=O) groups excluding carboxylic acids is 1. The molecule has 1 amide bonds. The maximum atomic E-state index is 12.7. The highest BCUT2D eigenvalue weighted by Crippen LogP contribution is 2.31. The molecule has 2 aromatic rings. The molecule has 1 aliphatic heterocycles. The zero-order chi connectivity index (χ0) is 22.3. The van der Waals surface area contributed by atoms with E-state index >= 15 is 0 Å². The Kier molecular flexibility index (Phi) is 7.92. The number of hydrogen-bond acceptors (Lipinski definition) is 4. The summed E-state index contributed by atoms with van der Waals surface area (Å²) < 4.78 is 46.7. The number of amides is 1. The Labute approximate surface area is 180 Å². The van der Waals surface area contributed by atoms with Crippen molar-refractivity contribution < 1.29 is 27.4 Å². The molecule has 31 heavy (non-hydrogen) atoms. The topological polar surface area (TPSA) is 50.8 Å². The van der Waals surface area contributed by atoms with Crippen molar-refractivity contribution in [1.82, 2.24) is 10.2 Å². The van der Waals surface area contributed by atoms with Gasteiger partial charge in [0.2, 0.25) is 0 Å². The molecule has 2 aromatic carbocycles. The van der Waals surface area contributed by atoms with Gasteiger partial charge in [0.1, 0.15) is 12.4 Å². The zero-order valence-electron chi connectivity index (χ0n) is 17.5. The molecule has 1 aliphatic rings. The van der Waals surface area contributed by atoms with Crippen LogP contribution in [0.3, 0.4) is 0 Å². The molecule has 1 atom stereocenters. The molecule has 8 heteroatoms. The van der Waals surface area contributed by atoms with Crippen LogP contribution in [0.25, 0.3) is 0 Å². The number of para-hydroxylation sites is 1. The maximum Gasteiger partial charge on any atom is 0.411 e. The predicted octanol–water partition coefficient (Wildman–Crippen LogP) is 4.34. The first-order valence-corrected chi connectivity index (χ1v) is 10.3. The van der Waals surface area contributed by atoms with Crippen LogP contribution < -0.4 is 10.1 Å². The second-order valence-corrected chi connectivity index (χ2v) is 7.52. The SMILES string of the molecule is COc1ccccc1C(CNC(=O)c1ccc(COCC(F)(F)F)cc1)N1CCCC1. The van der Waals surface area contributed by atoms with Gasteiger partial charge in [0.15, 0.2) is 0 Å². The van der Waals surface area contributed by atoms with Crippen LogP contribution in [0.5, 0.6) is 5.75 Å². The first-order chi connectivity index (χ1) is 14.9. The number of halogens is 3. The lowest BCUT2D eigenvalue weighted by Gasteiger charge is -2.29. The molecule has 5 nitrogen and oxygen atoms in total. The highest BCUT2D eigenvalue weighted by atomic mass is 19.4. The summed E-state index contributed by atoms with van der Waals surface area (Å²) in [5.74, 6) is 0.554. The number of likely N-dealkylation sites (tertiary alicyclic amines) is 1. The van der Waals surface area contributed by atoms with Crippen molar-refractivity contribution in [3.8, 4) is 5.75 Å². The number of rotatable bonds is 9. The maximum absolute atomic E-state index is 12.7. The lowest BCUT2D eigenvalue weighted by Crippen LogP contribution is -2.37. The van der Waals surface area contributed by atoms with Crippen LogP contribution >= 0.6 is 0 Å². The van der Waals surface area contributed by atoms with Crippen molar-refractivity contribution in [3.05, 3.63) is 65.2 Å². The minimum atomic E-state index is -4.35. The van der Waals surface area contributed by atoms with Gasteiger partial charge in [-0.1, -0.05) is 30.3 Å². The molecular weight excluding hydrogens is 409 g/mol. The highest BCUT2D eigenvalue weighted by Gasteiger charge is 2.28. The van der Waals surface area contributed by atoms with Gasteiger partial charge in [-0.15, -0.1) is 0 Å². The first kappa shape index (κ1) is 23.1. The number of benzene rings is 2. The summed E-state index contributed by atoms with van der Waals surface area (Å²) >= 11 is 0. The third-order valence-corrected chi connectivity index (χ3v) is 5.29. The normalized spacial score (nSPS) is 15.6. The number of hydrogen-bond donors (Lipinski definition) is 1. The van der Waals surface area contributed by atoms with E-state index < -0.39 is 12.8 Å². The summed E-state index contributed by atoms with van der Waals surface area (Å²) in [5, 5.41) is 2.99. The van der Waals surface area contributed by atoms with E-state index in [4.69, 9.17) is 4.74 Å². The fourth-order valence-electron chi connectivity index (χ4n) is 3.76. The molecule has 1 N–H and O–H groups in total. The summed E-state index contributed by atoms with van der Waals surface area (Å²) in [6.07, 6.45) is -2.11.